The predicted octanol–water partition coefficient (Wildman–Crippen LogP) is 1.26. The summed E-state index contributed by atoms with van der Waals surface area (Å²) in [6.07, 6.45) is 2.29. The summed E-state index contributed by atoms with van der Waals surface area (Å²) in [4.78, 5) is 11.4. The van der Waals surface area contributed by atoms with E-state index >= 15 is 0 Å². The van der Waals surface area contributed by atoms with E-state index in [1.54, 1.807) is 0 Å². The first-order valence-electron chi connectivity index (χ1n) is 4.47. The Morgan fingerprint density at radius 1 is 1.42 bits per heavy atom. The lowest BCUT2D eigenvalue weighted by Gasteiger charge is -2.20. The highest BCUT2D eigenvalue weighted by molar-refractivity contribution is 5.84. The molecule has 1 saturated heterocycles. The molecule has 68 valence electrons. The van der Waals surface area contributed by atoms with Gasteiger partial charge in [-0.15, -0.1) is 0 Å². The molecule has 3 heteroatoms. The highest BCUT2D eigenvalue weighted by Crippen LogP contribution is 2.34. The molecule has 0 spiro atoms. The highest BCUT2D eigenvalue weighted by atomic mass is 16.8. The Labute approximate surface area is 72.0 Å². The van der Waals surface area contributed by atoms with Crippen LogP contribution in [0.25, 0.3) is 0 Å². The van der Waals surface area contributed by atoms with Gasteiger partial charge < -0.3 is 9.47 Å². The summed E-state index contributed by atoms with van der Waals surface area (Å²) in [7, 11) is 0. The molecular weight excluding hydrogens is 156 g/mol. The molecule has 1 saturated carbocycles. The third-order valence-corrected chi connectivity index (χ3v) is 2.41. The second-order valence-electron chi connectivity index (χ2n) is 3.95. The molecule has 12 heavy (non-hydrogen) atoms. The van der Waals surface area contributed by atoms with Gasteiger partial charge in [-0.3, -0.25) is 4.79 Å². The fraction of sp³-hybridized carbons (Fsp3) is 0.889. The zero-order valence-corrected chi connectivity index (χ0v) is 7.50. The number of ether oxygens (including phenoxy) is 2. The van der Waals surface area contributed by atoms with Gasteiger partial charge in [-0.25, -0.2) is 0 Å². The molecule has 0 bridgehead atoms. The Morgan fingerprint density at radius 2 is 2.17 bits per heavy atom. The molecule has 1 heterocycles. The summed E-state index contributed by atoms with van der Waals surface area (Å²) in [6.45, 7) is 3.72. The van der Waals surface area contributed by atoms with Crippen LogP contribution < -0.4 is 0 Å². The van der Waals surface area contributed by atoms with Crippen LogP contribution in [0.5, 0.6) is 0 Å². The van der Waals surface area contributed by atoms with E-state index in [1.807, 2.05) is 13.8 Å². The molecule has 0 amide bonds. The van der Waals surface area contributed by atoms with Gasteiger partial charge in [0.2, 0.25) is 0 Å². The average molecular weight is 170 g/mol. The zero-order chi connectivity index (χ0) is 8.77. The van der Waals surface area contributed by atoms with E-state index < -0.39 is 5.79 Å². The van der Waals surface area contributed by atoms with Gasteiger partial charge >= 0.3 is 0 Å². The third kappa shape index (κ3) is 1.27. The van der Waals surface area contributed by atoms with Gasteiger partial charge in [0.15, 0.2) is 11.6 Å². The smallest absolute Gasteiger partial charge is 0.164 e. The highest BCUT2D eigenvalue weighted by Gasteiger charge is 2.46. The van der Waals surface area contributed by atoms with Gasteiger partial charge in [0.1, 0.15) is 6.10 Å². The van der Waals surface area contributed by atoms with E-state index in [1.165, 1.54) is 0 Å². The van der Waals surface area contributed by atoms with Crippen molar-refractivity contribution in [1.82, 2.24) is 0 Å². The van der Waals surface area contributed by atoms with Crippen LogP contribution in [0.15, 0.2) is 0 Å². The molecule has 0 radical (unpaired) electrons. The van der Waals surface area contributed by atoms with Crippen molar-refractivity contribution in [3.63, 3.8) is 0 Å². The summed E-state index contributed by atoms with van der Waals surface area (Å²) in [5.74, 6) is -0.355. The van der Waals surface area contributed by atoms with Crippen LogP contribution >= 0.6 is 0 Å². The maximum atomic E-state index is 11.4. The minimum atomic E-state index is -0.560. The molecule has 0 aromatic carbocycles. The lowest BCUT2D eigenvalue weighted by molar-refractivity contribution is -0.153. The number of ketones is 1. The number of rotatable bonds is 0. The molecule has 0 N–H and O–H groups in total. The normalized spacial score (nSPS) is 39.7. The Kier molecular flexibility index (Phi) is 1.73. The topological polar surface area (TPSA) is 35.5 Å². The Morgan fingerprint density at radius 3 is 2.83 bits per heavy atom. The molecule has 0 unspecified atom stereocenters. The van der Waals surface area contributed by atoms with Crippen LogP contribution in [0, 0.1) is 0 Å². The minimum absolute atomic E-state index is 0.0150. The number of carbonyl (C=O) groups excluding carboxylic acids is 1. The Balaban J connectivity index is 2.14. The first-order valence-corrected chi connectivity index (χ1v) is 4.47. The van der Waals surface area contributed by atoms with Crippen LogP contribution in [-0.2, 0) is 14.3 Å². The van der Waals surface area contributed by atoms with Gasteiger partial charge in [0, 0.05) is 6.42 Å². The van der Waals surface area contributed by atoms with E-state index in [0.29, 0.717) is 6.42 Å². The second-order valence-corrected chi connectivity index (χ2v) is 3.95. The van der Waals surface area contributed by atoms with Crippen LogP contribution in [0.2, 0.25) is 0 Å². The van der Waals surface area contributed by atoms with Gasteiger partial charge in [-0.2, -0.15) is 0 Å². The molecule has 2 rings (SSSR count). The van der Waals surface area contributed by atoms with Crippen molar-refractivity contribution in [3.05, 3.63) is 0 Å². The largest absolute Gasteiger partial charge is 0.344 e. The Hall–Kier alpha value is -0.410. The van der Waals surface area contributed by atoms with E-state index in [2.05, 4.69) is 0 Å². The molecular formula is C9H14O3. The van der Waals surface area contributed by atoms with E-state index in [4.69, 9.17) is 9.47 Å². The van der Waals surface area contributed by atoms with Gasteiger partial charge in [0.25, 0.3) is 0 Å². The Bertz CT molecular complexity index is 210. The van der Waals surface area contributed by atoms with E-state index in [0.717, 1.165) is 12.8 Å². The van der Waals surface area contributed by atoms with E-state index in [-0.39, 0.29) is 18.0 Å². The first-order chi connectivity index (χ1) is 5.58. The summed E-state index contributed by atoms with van der Waals surface area (Å²) in [5.41, 5.74) is 0. The summed E-state index contributed by atoms with van der Waals surface area (Å²) in [5, 5.41) is 0. The van der Waals surface area contributed by atoms with Gasteiger partial charge in [0.05, 0.1) is 6.10 Å². The van der Waals surface area contributed by atoms with Crippen molar-refractivity contribution in [1.29, 1.82) is 0 Å². The van der Waals surface area contributed by atoms with Crippen molar-refractivity contribution in [2.24, 2.45) is 0 Å². The zero-order valence-electron chi connectivity index (χ0n) is 7.50. The second kappa shape index (κ2) is 2.54. The molecule has 2 aliphatic rings. The van der Waals surface area contributed by atoms with Crippen LogP contribution in [0.1, 0.15) is 33.1 Å². The number of carbonyl (C=O) groups is 1. The van der Waals surface area contributed by atoms with E-state index in [9.17, 15) is 4.79 Å². The van der Waals surface area contributed by atoms with Crippen molar-refractivity contribution in [3.8, 4) is 0 Å². The number of hydrogen-bond acceptors (Lipinski definition) is 3. The molecule has 1 aliphatic heterocycles. The number of fused-ring (bicyclic) bond motifs is 1. The number of Topliss-reactive ketones (excluding diaryl/α,β-unsaturated/α-hetero) is 1. The summed E-state index contributed by atoms with van der Waals surface area (Å²) < 4.78 is 11.1. The lowest BCUT2D eigenvalue weighted by atomic mass is 9.94. The van der Waals surface area contributed by atoms with Crippen molar-refractivity contribution in [2.75, 3.05) is 0 Å². The van der Waals surface area contributed by atoms with Gasteiger partial charge in [-0.05, 0) is 26.7 Å². The molecule has 0 aromatic rings. The van der Waals surface area contributed by atoms with Crippen molar-refractivity contribution < 1.29 is 14.3 Å². The van der Waals surface area contributed by atoms with Crippen molar-refractivity contribution >= 4 is 5.78 Å². The maximum absolute atomic E-state index is 11.4. The molecule has 3 nitrogen and oxygen atoms in total. The van der Waals surface area contributed by atoms with Crippen LogP contribution in [0.4, 0.5) is 0 Å². The average Bonchev–Trinajstić information content (AvgIpc) is 2.25. The maximum Gasteiger partial charge on any atom is 0.164 e. The SMILES string of the molecule is CC1(C)O[C@@H]2CCCC(=O)[C@@H]2O1. The van der Waals surface area contributed by atoms with Crippen LogP contribution in [0.3, 0.4) is 0 Å². The molecule has 2 atom stereocenters. The first kappa shape index (κ1) is 8.20. The van der Waals surface area contributed by atoms with Crippen LogP contribution in [-0.4, -0.2) is 23.8 Å². The minimum Gasteiger partial charge on any atom is -0.344 e. The fourth-order valence-electron chi connectivity index (χ4n) is 1.94. The molecule has 1 aliphatic carbocycles. The quantitative estimate of drug-likeness (QED) is 0.549. The molecule has 0 aromatic heterocycles. The third-order valence-electron chi connectivity index (χ3n) is 2.41. The number of hydrogen-bond donors (Lipinski definition) is 0. The summed E-state index contributed by atoms with van der Waals surface area (Å²) in [6, 6.07) is 0. The van der Waals surface area contributed by atoms with Crippen molar-refractivity contribution in [2.45, 2.75) is 51.1 Å². The fourth-order valence-corrected chi connectivity index (χ4v) is 1.94. The lowest BCUT2D eigenvalue weighted by Crippen LogP contribution is -2.35. The summed E-state index contributed by atoms with van der Waals surface area (Å²) >= 11 is 0. The monoisotopic (exact) mass is 170 g/mol. The standard InChI is InChI=1S/C9H14O3/c1-9(2)11-7-5-3-4-6(10)8(7)12-9/h7-8H,3-5H2,1-2H3/t7-,8+/m1/s1. The predicted molar refractivity (Wildman–Crippen MR) is 42.7 cm³/mol. The van der Waals surface area contributed by atoms with Gasteiger partial charge in [-0.1, -0.05) is 0 Å². The molecule has 2 fully saturated rings.